The molecule has 2 aliphatic rings. The first kappa shape index (κ1) is 32.8. The molecule has 0 saturated carbocycles. The van der Waals surface area contributed by atoms with Crippen LogP contribution < -0.4 is 27.0 Å². The number of nitrogens with two attached hydrogens (primary N) is 1. The number of hydrogen-bond acceptors (Lipinski definition) is 12. The van der Waals surface area contributed by atoms with E-state index in [0.29, 0.717) is 18.0 Å². The number of benzene rings is 1. The number of carbonyl (C=O) groups excluding carboxylic acids is 2. The number of anilines is 1. The largest absolute Gasteiger partial charge is 0.494 e. The lowest BCUT2D eigenvalue weighted by molar-refractivity contribution is -0.241. The average Bonchev–Trinajstić information content (AvgIpc) is 3.31. The summed E-state index contributed by atoms with van der Waals surface area (Å²) in [6, 6.07) is 7.59. The van der Waals surface area contributed by atoms with Crippen molar-refractivity contribution in [1.29, 1.82) is 0 Å². The Bertz CT molecular complexity index is 1440. The van der Waals surface area contributed by atoms with Gasteiger partial charge in [-0.1, -0.05) is 19.8 Å². The van der Waals surface area contributed by atoms with E-state index in [1.165, 1.54) is 7.11 Å². The second-order valence-corrected chi connectivity index (χ2v) is 10.2. The number of hydrogen-bond donors (Lipinski definition) is 6. The van der Waals surface area contributed by atoms with Gasteiger partial charge in [-0.3, -0.25) is 23.9 Å². The van der Waals surface area contributed by atoms with Gasteiger partial charge in [-0.2, -0.15) is 0 Å². The zero-order chi connectivity index (χ0) is 32.0. The normalized spacial score (nSPS) is 27.2. The van der Waals surface area contributed by atoms with Crippen molar-refractivity contribution in [2.24, 2.45) is 5.73 Å². The molecule has 1 saturated heterocycles. The molecule has 1 aromatic heterocycles. The first-order chi connectivity index (χ1) is 21.0. The molecule has 2 aromatic rings. The lowest BCUT2D eigenvalue weighted by Gasteiger charge is -2.35. The zero-order valence-electron chi connectivity index (χ0n) is 24.0. The fraction of sp³-hybridized carbons (Fsp3) is 0.500. The number of aromatic amines is 1. The summed E-state index contributed by atoms with van der Waals surface area (Å²) in [6.07, 6.45) is -7.65. The summed E-state index contributed by atoms with van der Waals surface area (Å²) in [5, 5.41) is 34.4. The van der Waals surface area contributed by atoms with Crippen LogP contribution in [0.25, 0.3) is 0 Å². The quantitative estimate of drug-likeness (QED) is 0.146. The molecule has 0 spiro atoms. The van der Waals surface area contributed by atoms with Crippen molar-refractivity contribution >= 4 is 17.5 Å². The van der Waals surface area contributed by atoms with Crippen LogP contribution in [0.1, 0.15) is 32.4 Å². The monoisotopic (exact) mass is 620 g/mol. The maximum absolute atomic E-state index is 13.0. The molecule has 3 heterocycles. The number of amides is 2. The Balaban J connectivity index is 1.46. The number of aliphatic hydroxyl groups is 3. The van der Waals surface area contributed by atoms with Crippen LogP contribution in [0.5, 0.6) is 5.75 Å². The highest BCUT2D eigenvalue weighted by Gasteiger charge is 2.52. The van der Waals surface area contributed by atoms with Gasteiger partial charge in [0, 0.05) is 25.1 Å². The number of H-pyrrole nitrogens is 1. The van der Waals surface area contributed by atoms with Crippen molar-refractivity contribution in [2.75, 3.05) is 19.0 Å². The van der Waals surface area contributed by atoms with Gasteiger partial charge in [0.25, 0.3) is 11.5 Å². The Morgan fingerprint density at radius 2 is 1.84 bits per heavy atom. The van der Waals surface area contributed by atoms with Gasteiger partial charge < -0.3 is 50.1 Å². The summed E-state index contributed by atoms with van der Waals surface area (Å²) >= 11 is 0. The minimum Gasteiger partial charge on any atom is -0.494 e. The molecule has 2 amide bonds. The van der Waals surface area contributed by atoms with Crippen molar-refractivity contribution in [3.05, 3.63) is 69.2 Å². The van der Waals surface area contributed by atoms with Gasteiger partial charge in [0.15, 0.2) is 18.1 Å². The van der Waals surface area contributed by atoms with Crippen molar-refractivity contribution in [3.63, 3.8) is 0 Å². The van der Waals surface area contributed by atoms with Crippen molar-refractivity contribution < 1.29 is 48.6 Å². The van der Waals surface area contributed by atoms with Gasteiger partial charge in [-0.15, -0.1) is 0 Å². The Morgan fingerprint density at radius 3 is 2.48 bits per heavy atom. The van der Waals surface area contributed by atoms with Gasteiger partial charge in [0.1, 0.15) is 36.3 Å². The van der Waals surface area contributed by atoms with Crippen molar-refractivity contribution in [1.82, 2.24) is 9.55 Å². The number of primary amides is 1. The van der Waals surface area contributed by atoms with E-state index in [1.807, 2.05) is 4.98 Å². The summed E-state index contributed by atoms with van der Waals surface area (Å²) in [4.78, 5) is 51.3. The molecule has 0 radical (unpaired) electrons. The fourth-order valence-electron chi connectivity index (χ4n) is 4.76. The number of rotatable bonds is 13. The molecular formula is C28H36N4O12. The number of aliphatic hydroxyl groups excluding tert-OH is 3. The number of ether oxygens (including phenoxy) is 5. The molecule has 1 aromatic carbocycles. The fourth-order valence-corrected chi connectivity index (χ4v) is 4.76. The molecule has 1 fully saturated rings. The number of aromatic nitrogens is 2. The predicted molar refractivity (Wildman–Crippen MR) is 151 cm³/mol. The predicted octanol–water partition coefficient (Wildman–Crippen LogP) is -1.15. The minimum atomic E-state index is -1.81. The first-order valence-electron chi connectivity index (χ1n) is 14.0. The van der Waals surface area contributed by atoms with Gasteiger partial charge >= 0.3 is 5.69 Å². The Morgan fingerprint density at radius 1 is 1.11 bits per heavy atom. The van der Waals surface area contributed by atoms with Crippen molar-refractivity contribution in [2.45, 2.75) is 75.3 Å². The number of methoxy groups -OCH3 is 1. The maximum atomic E-state index is 13.0. The maximum Gasteiger partial charge on any atom is 0.330 e. The number of carbonyl (C=O) groups is 2. The lowest BCUT2D eigenvalue weighted by Crippen LogP contribution is -2.53. The van der Waals surface area contributed by atoms with E-state index in [2.05, 4.69) is 12.2 Å². The summed E-state index contributed by atoms with van der Waals surface area (Å²) in [5.41, 5.74) is 4.36. The highest BCUT2D eigenvalue weighted by atomic mass is 16.7. The van der Waals surface area contributed by atoms with E-state index in [0.717, 1.165) is 42.2 Å². The molecule has 4 rings (SSSR count). The standard InChI is InChI=1S/C28H36N4O12/c1-3-4-5-12-41-15-8-6-14(7-9-15)30-25(38)17-13-16(33)19(35)27(42-17)44-23(24(29)37)22-21(40-2)20(36)26(43-22)32-11-10-18(34)31-28(32)39/h6-11,13,16,19-23,26-27,33,35-36H,3-5,12H2,1-2H3,(H2,29,37)(H,30,38)(H,31,34,39)/t16-,19-,20+,21-,22-,23?,26+,27+/m0/s1. The average molecular weight is 621 g/mol. The highest BCUT2D eigenvalue weighted by Crippen LogP contribution is 2.34. The molecule has 0 bridgehead atoms. The molecule has 44 heavy (non-hydrogen) atoms. The SMILES string of the molecule is CCCCCOc1ccc(NC(=O)C2=C[C@H](O)[C@H](O)[C@@H](OC(C(N)=O)[C@H]3O[C@@H](n4ccc(=O)[nH]c4=O)[C@H](O)[C@@H]3OC)O2)cc1. The first-order valence-corrected chi connectivity index (χ1v) is 14.0. The summed E-state index contributed by atoms with van der Waals surface area (Å²) in [6.45, 7) is 2.66. The molecule has 16 nitrogen and oxygen atoms in total. The number of nitrogens with one attached hydrogen (secondary N) is 2. The molecule has 1 unspecified atom stereocenters. The summed E-state index contributed by atoms with van der Waals surface area (Å²) in [7, 11) is 1.20. The lowest BCUT2D eigenvalue weighted by atomic mass is 10.0. The topological polar surface area (TPSA) is 234 Å². The number of unbranched alkanes of at least 4 members (excludes halogenated alkanes) is 2. The van der Waals surface area contributed by atoms with Gasteiger partial charge in [-0.05, 0) is 36.8 Å². The molecule has 0 aliphatic carbocycles. The zero-order valence-corrected chi connectivity index (χ0v) is 24.0. The Labute approximate surface area is 250 Å². The third kappa shape index (κ3) is 7.53. The van der Waals surface area contributed by atoms with E-state index in [9.17, 15) is 34.5 Å². The summed E-state index contributed by atoms with van der Waals surface area (Å²) < 4.78 is 28.7. The van der Waals surface area contributed by atoms with Crippen LogP contribution in [-0.2, 0) is 28.5 Å². The van der Waals surface area contributed by atoms with Gasteiger partial charge in [0.2, 0.25) is 12.2 Å². The van der Waals surface area contributed by atoms with Crippen LogP contribution >= 0.6 is 0 Å². The molecule has 240 valence electrons. The molecule has 8 atom stereocenters. The molecule has 2 aliphatic heterocycles. The van der Waals surface area contributed by atoms with Crippen LogP contribution in [-0.4, -0.2) is 93.3 Å². The van der Waals surface area contributed by atoms with Crippen LogP contribution in [0.15, 0.2) is 58.0 Å². The van der Waals surface area contributed by atoms with Gasteiger partial charge in [0.05, 0.1) is 6.61 Å². The van der Waals surface area contributed by atoms with E-state index in [1.54, 1.807) is 24.3 Å². The molecule has 7 N–H and O–H groups in total. The molecular weight excluding hydrogens is 584 g/mol. The molecule has 16 heteroatoms. The van der Waals surface area contributed by atoms with E-state index in [4.69, 9.17) is 29.4 Å². The Kier molecular flexibility index (Phi) is 10.9. The second kappa shape index (κ2) is 14.6. The third-order valence-electron chi connectivity index (χ3n) is 7.05. The van der Waals surface area contributed by atoms with E-state index in [-0.39, 0.29) is 0 Å². The van der Waals surface area contributed by atoms with Crippen LogP contribution in [0.3, 0.4) is 0 Å². The third-order valence-corrected chi connectivity index (χ3v) is 7.05. The van der Waals surface area contributed by atoms with E-state index < -0.39 is 78.0 Å². The van der Waals surface area contributed by atoms with Crippen LogP contribution in [0, 0.1) is 0 Å². The van der Waals surface area contributed by atoms with Gasteiger partial charge in [-0.25, -0.2) is 4.79 Å². The number of nitrogens with zero attached hydrogens (tertiary/aromatic N) is 1. The van der Waals surface area contributed by atoms with Crippen LogP contribution in [0.4, 0.5) is 5.69 Å². The minimum absolute atomic E-state index is 0.383. The smallest absolute Gasteiger partial charge is 0.330 e. The highest BCUT2D eigenvalue weighted by molar-refractivity contribution is 6.02. The Hall–Kier alpha value is -4.06. The second-order valence-electron chi connectivity index (χ2n) is 10.2. The summed E-state index contributed by atoms with van der Waals surface area (Å²) in [5.74, 6) is -1.74. The van der Waals surface area contributed by atoms with Crippen molar-refractivity contribution in [3.8, 4) is 5.75 Å². The van der Waals surface area contributed by atoms with E-state index >= 15 is 0 Å². The van der Waals surface area contributed by atoms with Crippen LogP contribution in [0.2, 0.25) is 0 Å².